The number of nitrogens with two attached hydrogens (primary N) is 1. The molecule has 1 atom stereocenters. The minimum absolute atomic E-state index is 0.0203. The predicted molar refractivity (Wildman–Crippen MR) is 74.3 cm³/mol. The minimum Gasteiger partial charge on any atom is -0.404 e. The van der Waals surface area contributed by atoms with Crippen molar-refractivity contribution in [1.82, 2.24) is 5.32 Å². The number of amides is 1. The van der Waals surface area contributed by atoms with Gasteiger partial charge in [0.05, 0.1) is 6.04 Å². The van der Waals surface area contributed by atoms with Gasteiger partial charge >= 0.3 is 0 Å². The van der Waals surface area contributed by atoms with E-state index in [1.54, 1.807) is 0 Å². The maximum Gasteiger partial charge on any atom is 0.252 e. The van der Waals surface area contributed by atoms with Gasteiger partial charge in [-0.25, -0.2) is 0 Å². The van der Waals surface area contributed by atoms with Crippen LogP contribution in [0.3, 0.4) is 0 Å². The zero-order valence-corrected chi connectivity index (χ0v) is 10.7. The van der Waals surface area contributed by atoms with Gasteiger partial charge in [-0.1, -0.05) is 0 Å². The number of hydrogen-bond donors (Lipinski definition) is 3. The average Bonchev–Trinajstić information content (AvgIpc) is 2.91. The third-order valence-corrected chi connectivity index (χ3v) is 3.79. The Hall–Kier alpha value is -2.30. The van der Waals surface area contributed by atoms with Crippen LogP contribution in [0.15, 0.2) is 30.0 Å². The first-order valence-corrected chi connectivity index (χ1v) is 6.34. The van der Waals surface area contributed by atoms with Crippen LogP contribution in [0.2, 0.25) is 0 Å². The fraction of sp³-hybridized carbons (Fsp3) is 0.286. The van der Waals surface area contributed by atoms with Crippen molar-refractivity contribution >= 4 is 17.4 Å². The molecule has 2 aliphatic heterocycles. The highest BCUT2D eigenvalue weighted by Gasteiger charge is 2.28. The van der Waals surface area contributed by atoms with E-state index < -0.39 is 0 Å². The molecule has 19 heavy (non-hydrogen) atoms. The summed E-state index contributed by atoms with van der Waals surface area (Å²) in [5.74, 6) is 0.431. The van der Waals surface area contributed by atoms with E-state index in [1.165, 1.54) is 6.20 Å². The fourth-order valence-electron chi connectivity index (χ4n) is 2.69. The molecule has 0 aliphatic carbocycles. The fourth-order valence-corrected chi connectivity index (χ4v) is 2.69. The van der Waals surface area contributed by atoms with Gasteiger partial charge in [-0.05, 0) is 37.1 Å². The minimum atomic E-state index is -0.0203. The van der Waals surface area contributed by atoms with Gasteiger partial charge in [0.15, 0.2) is 0 Å². The molecule has 0 spiro atoms. The molecule has 2 aliphatic rings. The largest absolute Gasteiger partial charge is 0.404 e. The highest BCUT2D eigenvalue weighted by Crippen LogP contribution is 2.31. The third kappa shape index (κ3) is 1.69. The maximum atomic E-state index is 11.7. The molecule has 5 nitrogen and oxygen atoms in total. The molecule has 3 rings (SSSR count). The number of amidine groups is 1. The maximum absolute atomic E-state index is 11.7. The van der Waals surface area contributed by atoms with Crippen molar-refractivity contribution in [2.75, 3.05) is 11.4 Å². The van der Waals surface area contributed by atoms with Crippen LogP contribution in [-0.4, -0.2) is 18.3 Å². The summed E-state index contributed by atoms with van der Waals surface area (Å²) >= 11 is 0. The van der Waals surface area contributed by atoms with E-state index in [0.717, 1.165) is 35.4 Å². The second kappa shape index (κ2) is 4.12. The van der Waals surface area contributed by atoms with Crippen molar-refractivity contribution < 1.29 is 4.79 Å². The molecule has 1 unspecified atom stereocenters. The molecule has 1 aromatic rings. The summed E-state index contributed by atoms with van der Waals surface area (Å²) in [6.07, 6.45) is 2.29. The molecule has 0 bridgehead atoms. The van der Waals surface area contributed by atoms with E-state index in [2.05, 4.69) is 5.32 Å². The lowest BCUT2D eigenvalue weighted by Gasteiger charge is -2.19. The molecule has 5 heteroatoms. The summed E-state index contributed by atoms with van der Waals surface area (Å²) < 4.78 is 0. The standard InChI is InChI=1S/C14H16N4O/c1-8-12-6-10(2-3-11(12)14(19)17-8)18-5-4-9(7-15)13(18)16/h2-3,6-8,16H,4-5,15H2,1H3,(H,17,19)/b9-7-,16-13?. The Labute approximate surface area is 111 Å². The highest BCUT2D eigenvalue weighted by atomic mass is 16.2. The van der Waals surface area contributed by atoms with Crippen LogP contribution < -0.4 is 16.0 Å². The van der Waals surface area contributed by atoms with Gasteiger partial charge in [-0.2, -0.15) is 0 Å². The molecule has 2 heterocycles. The Kier molecular flexibility index (Phi) is 2.55. The number of rotatable bonds is 1. The van der Waals surface area contributed by atoms with Crippen molar-refractivity contribution in [2.45, 2.75) is 19.4 Å². The Balaban J connectivity index is 1.98. The zero-order chi connectivity index (χ0) is 13.6. The summed E-state index contributed by atoms with van der Waals surface area (Å²) in [6.45, 7) is 2.73. The molecular formula is C14H16N4O. The molecule has 1 fully saturated rings. The van der Waals surface area contributed by atoms with Crippen LogP contribution in [0.25, 0.3) is 0 Å². The van der Waals surface area contributed by atoms with Gasteiger partial charge in [-0.3, -0.25) is 10.2 Å². The van der Waals surface area contributed by atoms with Crippen molar-refractivity contribution in [3.63, 3.8) is 0 Å². The molecular weight excluding hydrogens is 240 g/mol. The van der Waals surface area contributed by atoms with Gasteiger partial charge in [-0.15, -0.1) is 0 Å². The van der Waals surface area contributed by atoms with Crippen LogP contribution >= 0.6 is 0 Å². The lowest BCUT2D eigenvalue weighted by atomic mass is 10.0. The first-order valence-electron chi connectivity index (χ1n) is 6.34. The quantitative estimate of drug-likeness (QED) is 0.712. The van der Waals surface area contributed by atoms with Gasteiger partial charge in [0.2, 0.25) is 0 Å². The molecule has 0 aromatic heterocycles. The number of nitrogens with one attached hydrogen (secondary N) is 2. The van der Waals surface area contributed by atoms with Crippen LogP contribution in [0.5, 0.6) is 0 Å². The number of carbonyl (C=O) groups is 1. The SMILES string of the molecule is CC1NC(=O)c2ccc(N3CC/C(=C/N)C3=N)cc21. The van der Waals surface area contributed by atoms with Crippen LogP contribution in [0.1, 0.15) is 35.3 Å². The Morgan fingerprint density at radius 3 is 3.00 bits per heavy atom. The lowest BCUT2D eigenvalue weighted by molar-refractivity contribution is 0.0958. The number of fused-ring (bicyclic) bond motifs is 1. The molecule has 1 aromatic carbocycles. The summed E-state index contributed by atoms with van der Waals surface area (Å²) in [5.41, 5.74) is 9.06. The van der Waals surface area contributed by atoms with E-state index in [-0.39, 0.29) is 11.9 Å². The first-order chi connectivity index (χ1) is 9.11. The number of benzene rings is 1. The zero-order valence-electron chi connectivity index (χ0n) is 10.7. The van der Waals surface area contributed by atoms with Crippen molar-refractivity contribution in [3.05, 3.63) is 41.1 Å². The van der Waals surface area contributed by atoms with E-state index >= 15 is 0 Å². The van der Waals surface area contributed by atoms with E-state index in [0.29, 0.717) is 5.84 Å². The van der Waals surface area contributed by atoms with Gasteiger partial charge in [0, 0.05) is 29.6 Å². The monoisotopic (exact) mass is 256 g/mol. The predicted octanol–water partition coefficient (Wildman–Crippen LogP) is 1.52. The van der Waals surface area contributed by atoms with E-state index in [1.807, 2.05) is 30.0 Å². The Morgan fingerprint density at radius 2 is 2.32 bits per heavy atom. The summed E-state index contributed by atoms with van der Waals surface area (Å²) in [6, 6.07) is 5.75. The normalized spacial score (nSPS) is 23.9. The molecule has 0 saturated carbocycles. The van der Waals surface area contributed by atoms with Crippen molar-refractivity contribution in [2.24, 2.45) is 5.73 Å². The number of hydrogen-bond acceptors (Lipinski definition) is 3. The summed E-state index contributed by atoms with van der Waals surface area (Å²) in [4.78, 5) is 13.6. The second-order valence-corrected chi connectivity index (χ2v) is 4.91. The van der Waals surface area contributed by atoms with Crippen LogP contribution in [0, 0.1) is 5.41 Å². The number of carbonyl (C=O) groups excluding carboxylic acids is 1. The van der Waals surface area contributed by atoms with E-state index in [9.17, 15) is 4.79 Å². The lowest BCUT2D eigenvalue weighted by Crippen LogP contribution is -2.24. The second-order valence-electron chi connectivity index (χ2n) is 4.91. The van der Waals surface area contributed by atoms with Crippen molar-refractivity contribution in [1.29, 1.82) is 5.41 Å². The van der Waals surface area contributed by atoms with Gasteiger partial charge in [0.1, 0.15) is 5.84 Å². The first kappa shape index (κ1) is 11.8. The van der Waals surface area contributed by atoms with E-state index in [4.69, 9.17) is 11.1 Å². The molecule has 4 N–H and O–H groups in total. The van der Waals surface area contributed by atoms with Gasteiger partial charge in [0.25, 0.3) is 5.91 Å². The van der Waals surface area contributed by atoms with Crippen LogP contribution in [-0.2, 0) is 0 Å². The summed E-state index contributed by atoms with van der Waals surface area (Å²) in [5, 5.41) is 11.0. The Bertz CT molecular complexity index is 605. The highest BCUT2D eigenvalue weighted by molar-refractivity contribution is 6.10. The van der Waals surface area contributed by atoms with Crippen LogP contribution in [0.4, 0.5) is 5.69 Å². The number of anilines is 1. The average molecular weight is 256 g/mol. The summed E-state index contributed by atoms with van der Waals surface area (Å²) in [7, 11) is 0. The number of nitrogens with zero attached hydrogens (tertiary/aromatic N) is 1. The molecule has 1 saturated heterocycles. The van der Waals surface area contributed by atoms with Gasteiger partial charge < -0.3 is 16.0 Å². The smallest absolute Gasteiger partial charge is 0.252 e. The molecule has 98 valence electrons. The topological polar surface area (TPSA) is 82.2 Å². The molecule has 0 radical (unpaired) electrons. The third-order valence-electron chi connectivity index (χ3n) is 3.79. The van der Waals surface area contributed by atoms with Crippen molar-refractivity contribution in [3.8, 4) is 0 Å². The Morgan fingerprint density at radius 1 is 1.53 bits per heavy atom. The molecule has 1 amide bonds.